The molecule has 0 unspecified atom stereocenters. The number of benzene rings is 2. The number of fused-ring (bicyclic) bond motifs is 4. The van der Waals surface area contributed by atoms with Crippen molar-refractivity contribution in [2.75, 3.05) is 28.4 Å². The summed E-state index contributed by atoms with van der Waals surface area (Å²) in [5, 5.41) is 17.0. The third-order valence-corrected chi connectivity index (χ3v) is 5.40. The Bertz CT molecular complexity index is 1140. The first-order valence-electron chi connectivity index (χ1n) is 9.50. The van der Waals surface area contributed by atoms with Crippen LogP contribution in [-0.4, -0.2) is 33.5 Å². The van der Waals surface area contributed by atoms with Gasteiger partial charge in [0.25, 0.3) is 0 Å². The first-order chi connectivity index (χ1) is 14.9. The average Bonchev–Trinajstić information content (AvgIpc) is 2.76. The van der Waals surface area contributed by atoms with Gasteiger partial charge in [-0.3, -0.25) is 0 Å². The Kier molecular flexibility index (Phi) is 6.33. The number of rotatable bonds is 4. The van der Waals surface area contributed by atoms with E-state index >= 15 is 0 Å². The van der Waals surface area contributed by atoms with Crippen molar-refractivity contribution in [2.45, 2.75) is 19.9 Å². The fourth-order valence-electron chi connectivity index (χ4n) is 4.09. The lowest BCUT2D eigenvalue weighted by molar-refractivity contribution is -0.686. The van der Waals surface area contributed by atoms with Crippen LogP contribution in [-0.2, 0) is 13.0 Å². The van der Waals surface area contributed by atoms with Crippen molar-refractivity contribution in [2.24, 2.45) is 0 Å². The molecule has 1 aliphatic heterocycles. The van der Waals surface area contributed by atoms with Gasteiger partial charge in [0.2, 0.25) is 5.69 Å². The van der Waals surface area contributed by atoms with E-state index in [1.54, 1.807) is 28.4 Å². The average molecular weight is 428 g/mol. The molecule has 0 aliphatic carbocycles. The molecule has 0 saturated heterocycles. The SMILES string of the molecule is COc1cc2c(cc1OC)-c1c(C)c3ccc(OC)c(OC)c3c[n+]1CC2.O=[N+]([O-])[O-]. The number of hydrogen-bond acceptors (Lipinski definition) is 7. The number of aryl methyl sites for hydroxylation is 3. The second kappa shape index (κ2) is 8.95. The molecule has 0 bridgehead atoms. The fraction of sp³-hybridized carbons (Fsp3) is 0.318. The molecule has 164 valence electrons. The van der Waals surface area contributed by atoms with Gasteiger partial charge in [-0.05, 0) is 36.8 Å². The topological polar surface area (TPSA) is 107 Å². The summed E-state index contributed by atoms with van der Waals surface area (Å²) in [5.74, 6) is 3.03. The van der Waals surface area contributed by atoms with E-state index in [9.17, 15) is 0 Å². The maximum Gasteiger partial charge on any atom is 0.216 e. The Morgan fingerprint density at radius 1 is 0.903 bits per heavy atom. The lowest BCUT2D eigenvalue weighted by Gasteiger charge is -2.20. The third-order valence-electron chi connectivity index (χ3n) is 5.40. The molecule has 31 heavy (non-hydrogen) atoms. The van der Waals surface area contributed by atoms with Crippen LogP contribution in [0, 0.1) is 22.2 Å². The Morgan fingerprint density at radius 3 is 2.10 bits per heavy atom. The summed E-state index contributed by atoms with van der Waals surface area (Å²) in [6.07, 6.45) is 3.10. The third kappa shape index (κ3) is 3.98. The monoisotopic (exact) mass is 428 g/mol. The Hall–Kier alpha value is -3.75. The molecule has 2 aromatic carbocycles. The largest absolute Gasteiger partial charge is 0.493 e. The number of pyridine rings is 1. The minimum atomic E-state index is -1.75. The summed E-state index contributed by atoms with van der Waals surface area (Å²) in [6, 6.07) is 8.24. The number of aromatic nitrogens is 1. The Morgan fingerprint density at radius 2 is 1.52 bits per heavy atom. The van der Waals surface area contributed by atoms with E-state index in [4.69, 9.17) is 34.3 Å². The molecule has 0 radical (unpaired) electrons. The van der Waals surface area contributed by atoms with Crippen LogP contribution in [0.2, 0.25) is 0 Å². The van der Waals surface area contributed by atoms with E-state index in [-0.39, 0.29) is 0 Å². The van der Waals surface area contributed by atoms with Crippen LogP contribution in [0.5, 0.6) is 23.0 Å². The molecular formula is C22H24N2O7. The van der Waals surface area contributed by atoms with E-state index in [1.807, 2.05) is 6.07 Å². The van der Waals surface area contributed by atoms with Crippen molar-refractivity contribution in [3.63, 3.8) is 0 Å². The van der Waals surface area contributed by atoms with Crippen LogP contribution in [0.15, 0.2) is 30.5 Å². The molecule has 1 aliphatic rings. The molecule has 0 saturated carbocycles. The summed E-state index contributed by atoms with van der Waals surface area (Å²) in [6.45, 7) is 3.06. The van der Waals surface area contributed by atoms with E-state index in [0.717, 1.165) is 46.7 Å². The van der Waals surface area contributed by atoms with Gasteiger partial charge in [-0.1, -0.05) is 0 Å². The van der Waals surface area contributed by atoms with Gasteiger partial charge in [0.1, 0.15) is 0 Å². The summed E-state index contributed by atoms with van der Waals surface area (Å²) < 4.78 is 24.5. The van der Waals surface area contributed by atoms with Gasteiger partial charge in [-0.25, -0.2) is 0 Å². The first kappa shape index (κ1) is 21.9. The molecule has 9 heteroatoms. The quantitative estimate of drug-likeness (QED) is 0.356. The summed E-state index contributed by atoms with van der Waals surface area (Å²) in [7, 11) is 6.70. The van der Waals surface area contributed by atoms with Gasteiger partial charge in [-0.15, -0.1) is 0 Å². The molecule has 0 amide bonds. The molecule has 1 aromatic heterocycles. The standard InChI is InChI=1S/C22H24NO4.NO3/c1-13-15-6-7-18(24-2)22(27-5)17(15)12-23-9-8-14-10-19(25-3)20(26-4)11-16(14)21(13)23;2-1(3)4/h6-7,10-12H,8-9H2,1-5H3;/q+1;-1. The van der Waals surface area contributed by atoms with E-state index in [0.29, 0.717) is 0 Å². The summed E-state index contributed by atoms with van der Waals surface area (Å²) >= 11 is 0. The summed E-state index contributed by atoms with van der Waals surface area (Å²) in [5.41, 5.74) is 4.88. The van der Waals surface area contributed by atoms with Crippen molar-refractivity contribution < 1.29 is 28.6 Å². The molecule has 0 fully saturated rings. The van der Waals surface area contributed by atoms with Gasteiger partial charge < -0.3 is 34.3 Å². The highest BCUT2D eigenvalue weighted by Gasteiger charge is 2.29. The smallest absolute Gasteiger partial charge is 0.216 e. The second-order valence-electron chi connectivity index (χ2n) is 6.90. The van der Waals surface area contributed by atoms with E-state index in [2.05, 4.69) is 35.9 Å². The molecule has 2 heterocycles. The minimum absolute atomic E-state index is 0.743. The van der Waals surface area contributed by atoms with Crippen molar-refractivity contribution in [3.8, 4) is 34.3 Å². The lowest BCUT2D eigenvalue weighted by atomic mass is 9.91. The zero-order chi connectivity index (χ0) is 22.7. The van der Waals surface area contributed by atoms with Crippen LogP contribution in [0.4, 0.5) is 0 Å². The van der Waals surface area contributed by atoms with Gasteiger partial charge in [0.05, 0.1) is 44.5 Å². The van der Waals surface area contributed by atoms with E-state index in [1.165, 1.54) is 22.4 Å². The zero-order valence-electron chi connectivity index (χ0n) is 18.1. The molecular weight excluding hydrogens is 404 g/mol. The number of nitrogens with zero attached hydrogens (tertiary/aromatic N) is 2. The highest BCUT2D eigenvalue weighted by Crippen LogP contribution is 2.41. The van der Waals surface area contributed by atoms with Crippen LogP contribution in [0.1, 0.15) is 11.1 Å². The van der Waals surface area contributed by atoms with Crippen molar-refractivity contribution in [1.29, 1.82) is 0 Å². The van der Waals surface area contributed by atoms with Crippen molar-refractivity contribution >= 4 is 10.8 Å². The second-order valence-corrected chi connectivity index (χ2v) is 6.90. The molecule has 0 N–H and O–H groups in total. The predicted molar refractivity (Wildman–Crippen MR) is 115 cm³/mol. The Labute approximate surface area is 179 Å². The van der Waals surface area contributed by atoms with Crippen LogP contribution in [0.25, 0.3) is 22.0 Å². The van der Waals surface area contributed by atoms with Gasteiger partial charge in [0.15, 0.2) is 35.7 Å². The zero-order valence-corrected chi connectivity index (χ0v) is 18.1. The molecule has 4 rings (SSSR count). The number of hydrogen-bond donors (Lipinski definition) is 0. The number of methoxy groups -OCH3 is 4. The highest BCUT2D eigenvalue weighted by molar-refractivity contribution is 5.94. The van der Waals surface area contributed by atoms with Crippen molar-refractivity contribution in [3.05, 3.63) is 56.9 Å². The van der Waals surface area contributed by atoms with Gasteiger partial charge >= 0.3 is 0 Å². The van der Waals surface area contributed by atoms with Crippen LogP contribution >= 0.6 is 0 Å². The fourth-order valence-corrected chi connectivity index (χ4v) is 4.09. The normalized spacial score (nSPS) is 11.5. The minimum Gasteiger partial charge on any atom is -0.493 e. The lowest BCUT2D eigenvalue weighted by Crippen LogP contribution is -2.41. The van der Waals surface area contributed by atoms with Crippen LogP contribution < -0.4 is 23.5 Å². The Balaban J connectivity index is 0.000000628. The van der Waals surface area contributed by atoms with Crippen molar-refractivity contribution in [1.82, 2.24) is 0 Å². The van der Waals surface area contributed by atoms with Gasteiger partial charge in [0, 0.05) is 17.4 Å². The number of ether oxygens (including phenoxy) is 4. The molecule has 3 aromatic rings. The highest BCUT2D eigenvalue weighted by atomic mass is 16.9. The van der Waals surface area contributed by atoms with Gasteiger partial charge in [-0.2, -0.15) is 4.57 Å². The van der Waals surface area contributed by atoms with Crippen LogP contribution in [0.3, 0.4) is 0 Å². The predicted octanol–water partition coefficient (Wildman–Crippen LogP) is 3.45. The maximum atomic E-state index is 8.25. The maximum absolute atomic E-state index is 8.25. The molecule has 0 spiro atoms. The summed E-state index contributed by atoms with van der Waals surface area (Å²) in [4.78, 5) is 8.25. The first-order valence-corrected chi connectivity index (χ1v) is 9.50. The molecule has 0 atom stereocenters. The molecule has 9 nitrogen and oxygen atoms in total. The van der Waals surface area contributed by atoms with E-state index < -0.39 is 5.09 Å².